The number of pyridine rings is 1. The number of nitrogens with zero attached hydrogens (tertiary/aromatic N) is 3. The van der Waals surface area contributed by atoms with Crippen LogP contribution in [-0.2, 0) is 0 Å². The summed E-state index contributed by atoms with van der Waals surface area (Å²) in [4.78, 5) is 9.23. The number of aromatic nitrogens is 1. The highest BCUT2D eigenvalue weighted by atomic mass is 19.1. The van der Waals surface area contributed by atoms with Crippen molar-refractivity contribution in [2.24, 2.45) is 0 Å². The van der Waals surface area contributed by atoms with E-state index in [1.807, 2.05) is 25.1 Å². The van der Waals surface area contributed by atoms with E-state index >= 15 is 0 Å². The number of unbranched alkanes of at least 4 members (excludes halogenated alkanes) is 1. The monoisotopic (exact) mass is 359 g/mol. The first-order valence-electron chi connectivity index (χ1n) is 9.66. The minimum absolute atomic E-state index is 0.105. The molecule has 3 rings (SSSR count). The van der Waals surface area contributed by atoms with E-state index in [-0.39, 0.29) is 11.7 Å². The van der Waals surface area contributed by atoms with Crippen molar-refractivity contribution in [1.29, 1.82) is 0 Å². The predicted molar refractivity (Wildman–Crippen MR) is 103 cm³/mol. The average Bonchev–Trinajstić information content (AvgIpc) is 2.65. The number of piperazine rings is 1. The van der Waals surface area contributed by atoms with Crippen LogP contribution in [0.5, 0.6) is 5.88 Å². The fourth-order valence-electron chi connectivity index (χ4n) is 3.49. The smallest absolute Gasteiger partial charge is 0.213 e. The third kappa shape index (κ3) is 5.39. The van der Waals surface area contributed by atoms with Gasteiger partial charge in [0.15, 0.2) is 0 Å². The van der Waals surface area contributed by atoms with Crippen LogP contribution in [0, 0.1) is 0 Å². The van der Waals surface area contributed by atoms with Gasteiger partial charge in [-0.2, -0.15) is 0 Å². The molecule has 0 spiro atoms. The molecule has 1 aliphatic heterocycles. The van der Waals surface area contributed by atoms with E-state index in [1.165, 1.54) is 26.2 Å². The molecule has 0 saturated carbocycles. The minimum atomic E-state index is -0.105. The van der Waals surface area contributed by atoms with Crippen molar-refractivity contribution in [2.45, 2.75) is 32.1 Å². The number of ether oxygens (including phenoxy) is 1. The van der Waals surface area contributed by atoms with E-state index in [4.69, 9.17) is 4.74 Å². The SMILES string of the molecule is CC1=CC(c2ccnc(OCCCCN3CCN(C)CC3)c2)CC=C1F. The fourth-order valence-corrected chi connectivity index (χ4v) is 3.49. The zero-order chi connectivity index (χ0) is 18.4. The van der Waals surface area contributed by atoms with Gasteiger partial charge < -0.3 is 14.5 Å². The quantitative estimate of drug-likeness (QED) is 0.693. The molecule has 0 N–H and O–H groups in total. The van der Waals surface area contributed by atoms with Gasteiger partial charge in [-0.1, -0.05) is 6.08 Å². The summed E-state index contributed by atoms with van der Waals surface area (Å²) in [5.41, 5.74) is 1.85. The number of allylic oxidation sites excluding steroid dienone is 4. The third-order valence-corrected chi connectivity index (χ3v) is 5.28. The van der Waals surface area contributed by atoms with Gasteiger partial charge in [0, 0.05) is 44.4 Å². The van der Waals surface area contributed by atoms with Crippen LogP contribution in [0.25, 0.3) is 0 Å². The van der Waals surface area contributed by atoms with Gasteiger partial charge in [0.2, 0.25) is 5.88 Å². The zero-order valence-corrected chi connectivity index (χ0v) is 16.0. The molecule has 5 heteroatoms. The van der Waals surface area contributed by atoms with E-state index in [2.05, 4.69) is 21.8 Å². The first-order valence-corrected chi connectivity index (χ1v) is 9.66. The largest absolute Gasteiger partial charge is 0.478 e. The lowest BCUT2D eigenvalue weighted by molar-refractivity contribution is 0.149. The molecular formula is C21H30FN3O. The van der Waals surface area contributed by atoms with Crippen LogP contribution < -0.4 is 4.74 Å². The highest BCUT2D eigenvalue weighted by molar-refractivity contribution is 5.36. The maximum atomic E-state index is 13.5. The maximum absolute atomic E-state index is 13.5. The first kappa shape index (κ1) is 19.1. The predicted octanol–water partition coefficient (Wildman–Crippen LogP) is 3.78. The van der Waals surface area contributed by atoms with Gasteiger partial charge in [-0.3, -0.25) is 0 Å². The van der Waals surface area contributed by atoms with Gasteiger partial charge >= 0.3 is 0 Å². The summed E-state index contributed by atoms with van der Waals surface area (Å²) in [7, 11) is 2.18. The molecule has 4 nitrogen and oxygen atoms in total. The van der Waals surface area contributed by atoms with E-state index in [9.17, 15) is 4.39 Å². The Morgan fingerprint density at radius 3 is 2.81 bits per heavy atom. The summed E-state index contributed by atoms with van der Waals surface area (Å²) in [5.74, 6) is 0.771. The number of hydrogen-bond donors (Lipinski definition) is 0. The van der Waals surface area contributed by atoms with Crippen molar-refractivity contribution < 1.29 is 9.13 Å². The summed E-state index contributed by atoms with van der Waals surface area (Å²) in [6, 6.07) is 3.98. The Hall–Kier alpha value is -1.72. The van der Waals surface area contributed by atoms with Gasteiger partial charge in [-0.15, -0.1) is 0 Å². The van der Waals surface area contributed by atoms with Crippen LogP contribution in [0.15, 0.2) is 41.9 Å². The van der Waals surface area contributed by atoms with Gasteiger partial charge in [0.25, 0.3) is 0 Å². The second kappa shape index (κ2) is 9.28. The number of likely N-dealkylation sites (N-methyl/N-ethyl adjacent to an activating group) is 1. The Bertz CT molecular complexity index is 650. The zero-order valence-electron chi connectivity index (χ0n) is 16.0. The summed E-state index contributed by atoms with van der Waals surface area (Å²) in [6.07, 6.45) is 8.32. The Balaban J connectivity index is 1.40. The average molecular weight is 359 g/mol. The summed E-state index contributed by atoms with van der Waals surface area (Å²) in [5, 5.41) is 0. The van der Waals surface area contributed by atoms with Crippen molar-refractivity contribution in [2.75, 3.05) is 46.4 Å². The topological polar surface area (TPSA) is 28.6 Å². The second-order valence-corrected chi connectivity index (χ2v) is 7.37. The minimum Gasteiger partial charge on any atom is -0.478 e. The normalized spacial score (nSPS) is 22.0. The number of rotatable bonds is 7. The van der Waals surface area contributed by atoms with Crippen LogP contribution in [0.4, 0.5) is 4.39 Å². The van der Waals surface area contributed by atoms with Gasteiger partial charge in [0.1, 0.15) is 5.83 Å². The summed E-state index contributed by atoms with van der Waals surface area (Å²) in [6.45, 7) is 8.33. The van der Waals surface area contributed by atoms with Gasteiger partial charge in [-0.05, 0) is 63.1 Å². The molecule has 0 amide bonds. The van der Waals surface area contributed by atoms with Crippen molar-refractivity contribution in [3.8, 4) is 5.88 Å². The lowest BCUT2D eigenvalue weighted by atomic mass is 9.90. The van der Waals surface area contributed by atoms with Gasteiger partial charge in [-0.25, -0.2) is 9.37 Å². The van der Waals surface area contributed by atoms with E-state index in [0.29, 0.717) is 24.5 Å². The Morgan fingerprint density at radius 2 is 2.04 bits per heavy atom. The molecule has 1 aromatic rings. The Kier molecular flexibility index (Phi) is 6.80. The Morgan fingerprint density at radius 1 is 1.23 bits per heavy atom. The van der Waals surface area contributed by atoms with Crippen molar-refractivity contribution in [1.82, 2.24) is 14.8 Å². The molecule has 26 heavy (non-hydrogen) atoms. The standard InChI is InChI=1S/C21H30FN3O/c1-17-15-18(5-6-20(17)22)19-7-8-23-21(16-19)26-14-4-3-9-25-12-10-24(2)11-13-25/h6-8,15-16,18H,3-5,9-14H2,1-2H3. The van der Waals surface area contributed by atoms with Crippen molar-refractivity contribution in [3.63, 3.8) is 0 Å². The molecule has 1 aromatic heterocycles. The lowest BCUT2D eigenvalue weighted by Crippen LogP contribution is -2.44. The van der Waals surface area contributed by atoms with Crippen LogP contribution in [0.2, 0.25) is 0 Å². The lowest BCUT2D eigenvalue weighted by Gasteiger charge is -2.32. The molecule has 0 bridgehead atoms. The second-order valence-electron chi connectivity index (χ2n) is 7.37. The highest BCUT2D eigenvalue weighted by Crippen LogP contribution is 2.31. The maximum Gasteiger partial charge on any atom is 0.213 e. The van der Waals surface area contributed by atoms with Crippen molar-refractivity contribution >= 4 is 0 Å². The molecule has 2 heterocycles. The summed E-state index contributed by atoms with van der Waals surface area (Å²) >= 11 is 0. The molecule has 0 radical (unpaired) electrons. The highest BCUT2D eigenvalue weighted by Gasteiger charge is 2.16. The van der Waals surface area contributed by atoms with E-state index < -0.39 is 0 Å². The molecule has 2 aliphatic rings. The van der Waals surface area contributed by atoms with Gasteiger partial charge in [0.05, 0.1) is 6.61 Å². The summed E-state index contributed by atoms with van der Waals surface area (Å²) < 4.78 is 19.3. The molecule has 1 saturated heterocycles. The van der Waals surface area contributed by atoms with E-state index in [1.54, 1.807) is 12.3 Å². The first-order chi connectivity index (χ1) is 12.6. The number of hydrogen-bond acceptors (Lipinski definition) is 4. The Labute approximate surface area is 156 Å². The number of halogens is 1. The van der Waals surface area contributed by atoms with Crippen LogP contribution in [-0.4, -0.2) is 61.2 Å². The van der Waals surface area contributed by atoms with Crippen LogP contribution in [0.3, 0.4) is 0 Å². The molecule has 1 atom stereocenters. The molecule has 1 unspecified atom stereocenters. The van der Waals surface area contributed by atoms with Crippen LogP contribution in [0.1, 0.15) is 37.7 Å². The fraction of sp³-hybridized carbons (Fsp3) is 0.571. The molecular weight excluding hydrogens is 329 g/mol. The third-order valence-electron chi connectivity index (χ3n) is 5.28. The molecule has 1 fully saturated rings. The van der Waals surface area contributed by atoms with Crippen molar-refractivity contribution in [3.05, 3.63) is 47.4 Å². The molecule has 1 aliphatic carbocycles. The molecule has 0 aromatic carbocycles. The van der Waals surface area contributed by atoms with E-state index in [0.717, 1.165) is 24.9 Å². The van der Waals surface area contributed by atoms with Crippen LogP contribution >= 0.6 is 0 Å². The molecule has 142 valence electrons.